The van der Waals surface area contributed by atoms with Crippen LogP contribution in [0.15, 0.2) is 47.3 Å². The fourth-order valence-electron chi connectivity index (χ4n) is 2.69. The van der Waals surface area contributed by atoms with E-state index in [1.807, 2.05) is 30.3 Å². The molecular weight excluding hydrogens is 294 g/mol. The molecule has 0 saturated carbocycles. The summed E-state index contributed by atoms with van der Waals surface area (Å²) >= 11 is 0. The van der Waals surface area contributed by atoms with E-state index in [4.69, 9.17) is 0 Å². The molecule has 3 rings (SSSR count). The van der Waals surface area contributed by atoms with Gasteiger partial charge in [-0.2, -0.15) is 0 Å². The molecule has 0 bridgehead atoms. The highest BCUT2D eigenvalue weighted by Gasteiger charge is 2.25. The van der Waals surface area contributed by atoms with Crippen LogP contribution in [0, 0.1) is 5.92 Å². The van der Waals surface area contributed by atoms with Gasteiger partial charge in [-0.1, -0.05) is 30.3 Å². The van der Waals surface area contributed by atoms with Crippen LogP contribution in [0.4, 0.5) is 0 Å². The van der Waals surface area contributed by atoms with Crippen molar-refractivity contribution in [3.05, 3.63) is 58.4 Å². The summed E-state index contributed by atoms with van der Waals surface area (Å²) in [7, 11) is 0. The number of benzene rings is 1. The van der Waals surface area contributed by atoms with Gasteiger partial charge in [-0.3, -0.25) is 9.59 Å². The number of aliphatic hydroxyl groups is 1. The Morgan fingerprint density at radius 1 is 1.17 bits per heavy atom. The normalized spacial score (nSPS) is 20.4. The summed E-state index contributed by atoms with van der Waals surface area (Å²) < 4.78 is 0. The number of aromatic amines is 1. The quantitative estimate of drug-likeness (QED) is 0.655. The van der Waals surface area contributed by atoms with Crippen LogP contribution in [-0.4, -0.2) is 41.7 Å². The van der Waals surface area contributed by atoms with E-state index in [9.17, 15) is 14.7 Å². The van der Waals surface area contributed by atoms with Gasteiger partial charge in [-0.15, -0.1) is 0 Å². The molecule has 1 amide bonds. The number of aliphatic hydroxyl groups excluding tert-OH is 1. The molecule has 1 aliphatic rings. The first-order valence-electron chi connectivity index (χ1n) is 7.61. The van der Waals surface area contributed by atoms with Crippen molar-refractivity contribution >= 4 is 5.91 Å². The lowest BCUT2D eigenvalue weighted by Crippen LogP contribution is -2.36. The summed E-state index contributed by atoms with van der Waals surface area (Å²) in [6.07, 6.45) is -0.464. The third-order valence-electron chi connectivity index (χ3n) is 4.07. The Labute approximate surface area is 133 Å². The van der Waals surface area contributed by atoms with Crippen molar-refractivity contribution in [3.63, 3.8) is 0 Å². The summed E-state index contributed by atoms with van der Waals surface area (Å²) in [5.74, 6) is -0.452. The molecule has 1 saturated heterocycles. The van der Waals surface area contributed by atoms with Crippen LogP contribution < -0.4 is 16.2 Å². The molecule has 0 radical (unpaired) electrons. The number of nitrogens with one attached hydrogen (secondary N) is 3. The topological polar surface area (TPSA) is 94.2 Å². The van der Waals surface area contributed by atoms with E-state index in [1.54, 1.807) is 6.07 Å². The average Bonchev–Trinajstić information content (AvgIpc) is 2.98. The van der Waals surface area contributed by atoms with Gasteiger partial charge in [0.05, 0.1) is 6.10 Å². The molecular formula is C17H19N3O3. The number of aromatic nitrogens is 1. The number of pyridine rings is 1. The molecule has 2 atom stereocenters. The van der Waals surface area contributed by atoms with Gasteiger partial charge in [0, 0.05) is 31.2 Å². The minimum absolute atomic E-state index is 0.0263. The zero-order valence-corrected chi connectivity index (χ0v) is 12.6. The van der Waals surface area contributed by atoms with Crippen LogP contribution >= 0.6 is 0 Å². The Morgan fingerprint density at radius 2 is 1.96 bits per heavy atom. The molecule has 0 spiro atoms. The minimum Gasteiger partial charge on any atom is -0.391 e. The fourth-order valence-corrected chi connectivity index (χ4v) is 2.69. The summed E-state index contributed by atoms with van der Waals surface area (Å²) in [6.45, 7) is 1.53. The van der Waals surface area contributed by atoms with Crippen LogP contribution in [-0.2, 0) is 0 Å². The van der Waals surface area contributed by atoms with E-state index in [2.05, 4.69) is 15.6 Å². The first-order chi connectivity index (χ1) is 11.1. The molecule has 0 aliphatic carbocycles. The Bertz CT molecular complexity index is 742. The monoisotopic (exact) mass is 313 g/mol. The summed E-state index contributed by atoms with van der Waals surface area (Å²) in [5, 5.41) is 15.5. The molecule has 2 unspecified atom stereocenters. The predicted molar refractivity (Wildman–Crippen MR) is 87.2 cm³/mol. The van der Waals surface area contributed by atoms with Gasteiger partial charge in [0.1, 0.15) is 5.56 Å². The summed E-state index contributed by atoms with van der Waals surface area (Å²) in [4.78, 5) is 27.0. The van der Waals surface area contributed by atoms with Crippen molar-refractivity contribution < 1.29 is 9.90 Å². The van der Waals surface area contributed by atoms with Crippen LogP contribution in [0.2, 0.25) is 0 Å². The van der Waals surface area contributed by atoms with Crippen molar-refractivity contribution in [2.75, 3.05) is 19.6 Å². The minimum atomic E-state index is -0.464. The van der Waals surface area contributed by atoms with Gasteiger partial charge in [-0.25, -0.2) is 0 Å². The first kappa shape index (κ1) is 15.5. The van der Waals surface area contributed by atoms with E-state index in [0.29, 0.717) is 25.3 Å². The number of carbonyl (C=O) groups excluding carboxylic acids is 1. The van der Waals surface area contributed by atoms with E-state index in [0.717, 1.165) is 5.56 Å². The third-order valence-corrected chi connectivity index (χ3v) is 4.07. The van der Waals surface area contributed by atoms with Gasteiger partial charge >= 0.3 is 0 Å². The van der Waals surface area contributed by atoms with Gasteiger partial charge < -0.3 is 20.7 Å². The molecule has 1 fully saturated rings. The number of amides is 1. The van der Waals surface area contributed by atoms with E-state index in [1.165, 1.54) is 6.07 Å². The van der Waals surface area contributed by atoms with E-state index in [-0.39, 0.29) is 11.5 Å². The number of β-amino-alcohol motifs (C(OH)–C–C–N with tert-alkyl or cyclic N) is 1. The fraction of sp³-hybridized carbons (Fsp3) is 0.294. The maximum absolute atomic E-state index is 12.1. The average molecular weight is 313 g/mol. The van der Waals surface area contributed by atoms with Crippen LogP contribution in [0.1, 0.15) is 10.4 Å². The van der Waals surface area contributed by atoms with Gasteiger partial charge in [0.25, 0.3) is 11.5 Å². The van der Waals surface area contributed by atoms with Crippen molar-refractivity contribution in [2.45, 2.75) is 6.10 Å². The van der Waals surface area contributed by atoms with Crippen molar-refractivity contribution in [2.24, 2.45) is 5.92 Å². The number of H-pyrrole nitrogens is 1. The number of rotatable bonds is 4. The van der Waals surface area contributed by atoms with Gasteiger partial charge in [0.2, 0.25) is 0 Å². The molecule has 4 N–H and O–H groups in total. The molecule has 1 aromatic carbocycles. The lowest BCUT2D eigenvalue weighted by atomic mass is 10.1. The van der Waals surface area contributed by atoms with Crippen molar-refractivity contribution in [3.8, 4) is 11.3 Å². The van der Waals surface area contributed by atoms with Crippen LogP contribution in [0.5, 0.6) is 0 Å². The lowest BCUT2D eigenvalue weighted by molar-refractivity contribution is 0.0925. The molecule has 1 aliphatic heterocycles. The highest BCUT2D eigenvalue weighted by atomic mass is 16.3. The highest BCUT2D eigenvalue weighted by Crippen LogP contribution is 2.14. The summed E-state index contributed by atoms with van der Waals surface area (Å²) in [5.41, 5.74) is 1.21. The largest absolute Gasteiger partial charge is 0.391 e. The molecule has 2 aromatic rings. The molecule has 6 nitrogen and oxygen atoms in total. The molecule has 23 heavy (non-hydrogen) atoms. The first-order valence-corrected chi connectivity index (χ1v) is 7.61. The van der Waals surface area contributed by atoms with Gasteiger partial charge in [0.15, 0.2) is 0 Å². The standard InChI is InChI=1S/C17H19N3O3/c21-15-10-18-8-12(15)9-19-16(22)13-6-7-14(20-17(13)23)11-4-2-1-3-5-11/h1-7,12,15,18,21H,8-10H2,(H,19,22)(H,20,23). The Balaban J connectivity index is 1.70. The van der Waals surface area contributed by atoms with Crippen molar-refractivity contribution in [1.29, 1.82) is 0 Å². The lowest BCUT2D eigenvalue weighted by Gasteiger charge is -2.14. The second-order valence-electron chi connectivity index (χ2n) is 5.68. The second kappa shape index (κ2) is 6.76. The number of carbonyl (C=O) groups is 1. The highest BCUT2D eigenvalue weighted by molar-refractivity contribution is 5.94. The maximum atomic E-state index is 12.1. The molecule has 120 valence electrons. The Hall–Kier alpha value is -2.44. The third kappa shape index (κ3) is 3.49. The Kier molecular flexibility index (Phi) is 4.55. The Morgan fingerprint density at radius 3 is 2.61 bits per heavy atom. The van der Waals surface area contributed by atoms with Crippen LogP contribution in [0.3, 0.4) is 0 Å². The number of hydrogen-bond acceptors (Lipinski definition) is 4. The zero-order valence-electron chi connectivity index (χ0n) is 12.6. The van der Waals surface area contributed by atoms with Crippen LogP contribution in [0.25, 0.3) is 11.3 Å². The second-order valence-corrected chi connectivity index (χ2v) is 5.68. The maximum Gasteiger partial charge on any atom is 0.261 e. The van der Waals surface area contributed by atoms with E-state index < -0.39 is 17.6 Å². The SMILES string of the molecule is O=C(NCC1CNCC1O)c1ccc(-c2ccccc2)[nH]c1=O. The molecule has 1 aromatic heterocycles. The van der Waals surface area contributed by atoms with E-state index >= 15 is 0 Å². The zero-order chi connectivity index (χ0) is 16.2. The van der Waals surface area contributed by atoms with Crippen molar-refractivity contribution in [1.82, 2.24) is 15.6 Å². The molecule has 6 heteroatoms. The van der Waals surface area contributed by atoms with Gasteiger partial charge in [-0.05, 0) is 17.7 Å². The number of hydrogen-bond donors (Lipinski definition) is 4. The smallest absolute Gasteiger partial charge is 0.261 e. The molecule has 2 heterocycles. The summed E-state index contributed by atoms with van der Waals surface area (Å²) in [6, 6.07) is 12.7. The predicted octanol–water partition coefficient (Wildman–Crippen LogP) is 0.352.